The Hall–Kier alpha value is -3.07. The van der Waals surface area contributed by atoms with Crippen molar-refractivity contribution in [1.82, 2.24) is 0 Å². The van der Waals surface area contributed by atoms with Gasteiger partial charge < -0.3 is 9.64 Å². The number of hydrogen-bond acceptors (Lipinski definition) is 3. The Labute approximate surface area is 153 Å². The van der Waals surface area contributed by atoms with Crippen molar-refractivity contribution in [2.45, 2.75) is 26.2 Å². The summed E-state index contributed by atoms with van der Waals surface area (Å²) >= 11 is 0. The monoisotopic (exact) mass is 343 g/mol. The minimum atomic E-state index is 0.198. The van der Waals surface area contributed by atoms with Gasteiger partial charge in [-0.1, -0.05) is 49.7 Å². The van der Waals surface area contributed by atoms with Crippen molar-refractivity contribution in [3.8, 4) is 11.5 Å². The molecular weight excluding hydrogens is 322 g/mol. The van der Waals surface area contributed by atoms with Gasteiger partial charge in [0.05, 0.1) is 11.4 Å². The molecule has 3 aromatic carbocycles. The molecule has 3 heteroatoms. The second-order valence-corrected chi connectivity index (χ2v) is 6.45. The maximum absolute atomic E-state index is 12.5. The smallest absolute Gasteiger partial charge is 0.162 e. The summed E-state index contributed by atoms with van der Waals surface area (Å²) in [6.07, 6.45) is 2.54. The standard InChI is InChI=1S/C23H21NO2/c1-2-3-13-21(25)17-9-8-10-18(16-17)24-19-11-4-6-14-22(19)26-23-15-7-5-12-20(23)24/h4-12,14-16H,2-3,13H2,1H3. The Morgan fingerprint density at radius 3 is 2.19 bits per heavy atom. The average Bonchev–Trinajstić information content (AvgIpc) is 2.70. The lowest BCUT2D eigenvalue weighted by atomic mass is 10.0. The molecule has 0 saturated heterocycles. The number of rotatable bonds is 5. The zero-order valence-electron chi connectivity index (χ0n) is 14.8. The van der Waals surface area contributed by atoms with Crippen molar-refractivity contribution in [1.29, 1.82) is 0 Å². The van der Waals surface area contributed by atoms with Crippen molar-refractivity contribution in [3.63, 3.8) is 0 Å². The van der Waals surface area contributed by atoms with E-state index in [2.05, 4.69) is 11.8 Å². The summed E-state index contributed by atoms with van der Waals surface area (Å²) in [5.41, 5.74) is 3.68. The van der Waals surface area contributed by atoms with Crippen LogP contribution in [0.15, 0.2) is 72.8 Å². The minimum Gasteiger partial charge on any atom is -0.453 e. The highest BCUT2D eigenvalue weighted by atomic mass is 16.5. The van der Waals surface area contributed by atoms with E-state index in [-0.39, 0.29) is 5.78 Å². The summed E-state index contributed by atoms with van der Waals surface area (Å²) in [5.74, 6) is 1.83. The number of ether oxygens (including phenoxy) is 1. The summed E-state index contributed by atoms with van der Waals surface area (Å²) in [7, 11) is 0. The Balaban J connectivity index is 1.80. The minimum absolute atomic E-state index is 0.198. The summed E-state index contributed by atoms with van der Waals surface area (Å²) in [6.45, 7) is 2.10. The van der Waals surface area contributed by atoms with E-state index in [4.69, 9.17) is 4.74 Å². The van der Waals surface area contributed by atoms with Gasteiger partial charge in [0, 0.05) is 17.7 Å². The van der Waals surface area contributed by atoms with E-state index in [9.17, 15) is 4.79 Å². The molecule has 3 nitrogen and oxygen atoms in total. The third-order valence-corrected chi connectivity index (χ3v) is 4.62. The van der Waals surface area contributed by atoms with Crippen LogP contribution in [0.25, 0.3) is 0 Å². The summed E-state index contributed by atoms with van der Waals surface area (Å²) in [4.78, 5) is 14.6. The number of nitrogens with zero attached hydrogens (tertiary/aromatic N) is 1. The maximum atomic E-state index is 12.5. The van der Waals surface area contributed by atoms with E-state index in [0.717, 1.165) is 47.0 Å². The molecule has 0 radical (unpaired) electrons. The number of ketones is 1. The molecule has 0 aromatic heterocycles. The van der Waals surface area contributed by atoms with Crippen LogP contribution >= 0.6 is 0 Å². The van der Waals surface area contributed by atoms with Gasteiger partial charge in [-0.05, 0) is 42.8 Å². The van der Waals surface area contributed by atoms with Gasteiger partial charge >= 0.3 is 0 Å². The summed E-state index contributed by atoms with van der Waals surface area (Å²) in [6, 6.07) is 23.8. The van der Waals surface area contributed by atoms with Crippen LogP contribution in [0, 0.1) is 0 Å². The van der Waals surface area contributed by atoms with E-state index in [1.807, 2.05) is 72.8 Å². The molecule has 3 aromatic rings. The SMILES string of the molecule is CCCCC(=O)c1cccc(N2c3ccccc3Oc3ccccc32)c1. The highest BCUT2D eigenvalue weighted by Crippen LogP contribution is 2.49. The van der Waals surface area contributed by atoms with Crippen molar-refractivity contribution in [3.05, 3.63) is 78.4 Å². The Kier molecular flexibility index (Phi) is 4.44. The molecule has 0 N–H and O–H groups in total. The first-order chi connectivity index (χ1) is 12.8. The highest BCUT2D eigenvalue weighted by molar-refractivity contribution is 5.98. The Bertz CT molecular complexity index is 903. The Morgan fingerprint density at radius 2 is 1.54 bits per heavy atom. The summed E-state index contributed by atoms with van der Waals surface area (Å²) in [5, 5.41) is 0. The molecule has 26 heavy (non-hydrogen) atoms. The van der Waals surface area contributed by atoms with Gasteiger partial charge in [0.15, 0.2) is 17.3 Å². The highest BCUT2D eigenvalue weighted by Gasteiger charge is 2.25. The lowest BCUT2D eigenvalue weighted by Gasteiger charge is -2.32. The third kappa shape index (κ3) is 2.97. The molecular formula is C23H21NO2. The fourth-order valence-electron chi connectivity index (χ4n) is 3.28. The van der Waals surface area contributed by atoms with Gasteiger partial charge in [-0.25, -0.2) is 0 Å². The van der Waals surface area contributed by atoms with Crippen molar-refractivity contribution >= 4 is 22.8 Å². The molecule has 0 bridgehead atoms. The van der Waals surface area contributed by atoms with Crippen molar-refractivity contribution < 1.29 is 9.53 Å². The van der Waals surface area contributed by atoms with E-state index < -0.39 is 0 Å². The van der Waals surface area contributed by atoms with Crippen LogP contribution in [-0.4, -0.2) is 5.78 Å². The molecule has 4 rings (SSSR count). The van der Waals surface area contributed by atoms with E-state index in [0.29, 0.717) is 6.42 Å². The molecule has 0 unspecified atom stereocenters. The average molecular weight is 343 g/mol. The number of carbonyl (C=O) groups excluding carboxylic acids is 1. The second-order valence-electron chi connectivity index (χ2n) is 6.45. The number of Topliss-reactive ketones (excluding diaryl/α,β-unsaturated/α-hetero) is 1. The predicted molar refractivity (Wildman–Crippen MR) is 105 cm³/mol. The largest absolute Gasteiger partial charge is 0.453 e. The fourth-order valence-corrected chi connectivity index (χ4v) is 3.28. The molecule has 0 saturated carbocycles. The zero-order valence-corrected chi connectivity index (χ0v) is 14.8. The maximum Gasteiger partial charge on any atom is 0.162 e. The van der Waals surface area contributed by atoms with Gasteiger partial charge in [-0.3, -0.25) is 4.79 Å². The molecule has 0 atom stereocenters. The number of para-hydroxylation sites is 4. The van der Waals surface area contributed by atoms with Gasteiger partial charge in [-0.2, -0.15) is 0 Å². The van der Waals surface area contributed by atoms with Gasteiger partial charge in [0.2, 0.25) is 0 Å². The van der Waals surface area contributed by atoms with E-state index in [1.165, 1.54) is 0 Å². The Morgan fingerprint density at radius 1 is 0.885 bits per heavy atom. The van der Waals surface area contributed by atoms with E-state index in [1.54, 1.807) is 0 Å². The summed E-state index contributed by atoms with van der Waals surface area (Å²) < 4.78 is 6.05. The zero-order chi connectivity index (χ0) is 17.9. The molecule has 0 amide bonds. The number of carbonyl (C=O) groups is 1. The van der Waals surface area contributed by atoms with Crippen LogP contribution < -0.4 is 9.64 Å². The first kappa shape index (κ1) is 16.4. The number of unbranched alkanes of at least 4 members (excludes halogenated alkanes) is 1. The van der Waals surface area contributed by atoms with Crippen LogP contribution in [-0.2, 0) is 0 Å². The molecule has 130 valence electrons. The van der Waals surface area contributed by atoms with Crippen LogP contribution in [0.5, 0.6) is 11.5 Å². The normalized spacial score (nSPS) is 12.1. The van der Waals surface area contributed by atoms with Crippen LogP contribution in [0.3, 0.4) is 0 Å². The lowest BCUT2D eigenvalue weighted by molar-refractivity contribution is 0.0980. The van der Waals surface area contributed by atoms with Crippen LogP contribution in [0.1, 0.15) is 36.5 Å². The topological polar surface area (TPSA) is 29.5 Å². The molecule has 0 fully saturated rings. The number of anilines is 3. The van der Waals surface area contributed by atoms with Crippen molar-refractivity contribution in [2.75, 3.05) is 4.90 Å². The first-order valence-corrected chi connectivity index (χ1v) is 9.07. The van der Waals surface area contributed by atoms with Crippen LogP contribution in [0.2, 0.25) is 0 Å². The molecule has 1 aliphatic rings. The first-order valence-electron chi connectivity index (χ1n) is 9.07. The molecule has 0 aliphatic carbocycles. The van der Waals surface area contributed by atoms with Gasteiger partial charge in [0.1, 0.15) is 0 Å². The lowest BCUT2D eigenvalue weighted by Crippen LogP contribution is -2.16. The number of hydrogen-bond donors (Lipinski definition) is 0. The number of fused-ring (bicyclic) bond motifs is 2. The number of benzene rings is 3. The quantitative estimate of drug-likeness (QED) is 0.381. The predicted octanol–water partition coefficient (Wildman–Crippen LogP) is 6.64. The van der Waals surface area contributed by atoms with E-state index >= 15 is 0 Å². The van der Waals surface area contributed by atoms with Gasteiger partial charge in [-0.15, -0.1) is 0 Å². The fraction of sp³-hybridized carbons (Fsp3) is 0.174. The van der Waals surface area contributed by atoms with Gasteiger partial charge in [0.25, 0.3) is 0 Å². The van der Waals surface area contributed by atoms with Crippen LogP contribution in [0.4, 0.5) is 17.1 Å². The third-order valence-electron chi connectivity index (χ3n) is 4.62. The van der Waals surface area contributed by atoms with Crippen molar-refractivity contribution in [2.24, 2.45) is 0 Å². The molecule has 0 spiro atoms. The molecule has 1 aliphatic heterocycles. The second kappa shape index (κ2) is 7.04. The molecule has 1 heterocycles.